The van der Waals surface area contributed by atoms with Crippen LogP contribution in [0, 0.1) is 13.8 Å². The van der Waals surface area contributed by atoms with Crippen molar-refractivity contribution in [1.29, 1.82) is 0 Å². The highest BCUT2D eigenvalue weighted by Crippen LogP contribution is 2.38. The molecule has 1 atom stereocenters. The Kier molecular flexibility index (Phi) is 4.21. The van der Waals surface area contributed by atoms with Crippen molar-refractivity contribution in [3.63, 3.8) is 0 Å². The van der Waals surface area contributed by atoms with Crippen LogP contribution in [-0.2, 0) is 5.41 Å². The molecule has 0 aliphatic rings. The van der Waals surface area contributed by atoms with E-state index in [2.05, 4.69) is 39.8 Å². The highest BCUT2D eigenvalue weighted by Gasteiger charge is 2.27. The van der Waals surface area contributed by atoms with E-state index in [4.69, 9.17) is 4.74 Å². The minimum Gasteiger partial charge on any atom is -0.496 e. The smallest absolute Gasteiger partial charge is 0.125 e. The molecule has 1 N–H and O–H groups in total. The molecule has 0 bridgehead atoms. The highest BCUT2D eigenvalue weighted by molar-refractivity contribution is 5.48. The number of ether oxygens (including phenoxy) is 1. The van der Waals surface area contributed by atoms with Crippen LogP contribution in [0.25, 0.3) is 0 Å². The van der Waals surface area contributed by atoms with E-state index in [0.717, 1.165) is 12.2 Å². The summed E-state index contributed by atoms with van der Waals surface area (Å²) in [5.74, 6) is 0.954. The molecule has 96 valence electrons. The van der Waals surface area contributed by atoms with Gasteiger partial charge in [0.25, 0.3) is 0 Å². The van der Waals surface area contributed by atoms with E-state index in [1.54, 1.807) is 7.11 Å². The third-order valence-electron chi connectivity index (χ3n) is 3.42. The lowest BCUT2D eigenvalue weighted by Crippen LogP contribution is -2.24. The van der Waals surface area contributed by atoms with Gasteiger partial charge in [0, 0.05) is 5.56 Å². The van der Waals surface area contributed by atoms with Crippen LogP contribution in [0.4, 0.5) is 0 Å². The maximum Gasteiger partial charge on any atom is 0.125 e. The summed E-state index contributed by atoms with van der Waals surface area (Å²) in [5, 5.41) is 9.60. The summed E-state index contributed by atoms with van der Waals surface area (Å²) in [5.41, 5.74) is 3.50. The Hall–Kier alpha value is -1.02. The predicted molar refractivity (Wildman–Crippen MR) is 71.8 cm³/mol. The fourth-order valence-corrected chi connectivity index (χ4v) is 2.43. The molecular formula is C15H24O2. The van der Waals surface area contributed by atoms with E-state index >= 15 is 0 Å². The zero-order chi connectivity index (χ0) is 13.2. The van der Waals surface area contributed by atoms with Crippen LogP contribution in [0.3, 0.4) is 0 Å². The van der Waals surface area contributed by atoms with E-state index in [1.807, 2.05) is 6.92 Å². The molecular weight excluding hydrogens is 212 g/mol. The number of hydrogen-bond acceptors (Lipinski definition) is 2. The average molecular weight is 236 g/mol. The van der Waals surface area contributed by atoms with E-state index in [9.17, 15) is 5.11 Å². The van der Waals surface area contributed by atoms with E-state index in [0.29, 0.717) is 0 Å². The molecule has 0 heterocycles. The molecule has 0 saturated heterocycles. The van der Waals surface area contributed by atoms with Gasteiger partial charge in [-0.2, -0.15) is 0 Å². The van der Waals surface area contributed by atoms with Gasteiger partial charge in [-0.05, 0) is 43.7 Å². The molecule has 0 spiro atoms. The molecule has 0 aliphatic heterocycles. The second-order valence-corrected chi connectivity index (χ2v) is 5.53. The second kappa shape index (κ2) is 5.09. The molecule has 2 nitrogen and oxygen atoms in total. The molecule has 1 unspecified atom stereocenters. The first-order valence-electron chi connectivity index (χ1n) is 6.12. The van der Waals surface area contributed by atoms with Gasteiger partial charge >= 0.3 is 0 Å². The van der Waals surface area contributed by atoms with Gasteiger partial charge in [-0.15, -0.1) is 0 Å². The first kappa shape index (κ1) is 14.0. The molecule has 1 aromatic rings. The van der Waals surface area contributed by atoms with Crippen molar-refractivity contribution >= 4 is 0 Å². The molecule has 1 aromatic carbocycles. The van der Waals surface area contributed by atoms with Crippen molar-refractivity contribution in [2.24, 2.45) is 0 Å². The lowest BCUT2D eigenvalue weighted by molar-refractivity contribution is 0.156. The van der Waals surface area contributed by atoms with Crippen molar-refractivity contribution in [2.45, 2.75) is 52.6 Å². The molecule has 0 radical (unpaired) electrons. The van der Waals surface area contributed by atoms with Gasteiger partial charge in [-0.1, -0.05) is 26.0 Å². The van der Waals surface area contributed by atoms with Crippen LogP contribution in [0.1, 0.15) is 43.9 Å². The molecule has 2 heteroatoms. The molecule has 17 heavy (non-hydrogen) atoms. The maximum absolute atomic E-state index is 9.60. The SMILES string of the molecule is COc1c(C(C)(C)CC(C)O)ccc(C)c1C. The zero-order valence-electron chi connectivity index (χ0n) is 11.8. The van der Waals surface area contributed by atoms with Crippen molar-refractivity contribution < 1.29 is 9.84 Å². The standard InChI is InChI=1S/C15H24O2/c1-10-7-8-13(14(17-6)12(10)3)15(4,5)9-11(2)16/h7-8,11,16H,9H2,1-6H3. The number of methoxy groups -OCH3 is 1. The van der Waals surface area contributed by atoms with Crippen LogP contribution >= 0.6 is 0 Å². The van der Waals surface area contributed by atoms with Gasteiger partial charge in [0.15, 0.2) is 0 Å². The molecule has 0 saturated carbocycles. The fraction of sp³-hybridized carbons (Fsp3) is 0.600. The van der Waals surface area contributed by atoms with Gasteiger partial charge in [0.05, 0.1) is 13.2 Å². The third kappa shape index (κ3) is 3.01. The number of benzene rings is 1. The lowest BCUT2D eigenvalue weighted by atomic mass is 9.78. The minimum atomic E-state index is -0.309. The third-order valence-corrected chi connectivity index (χ3v) is 3.42. The minimum absolute atomic E-state index is 0.0853. The summed E-state index contributed by atoms with van der Waals surface area (Å²) in [6, 6.07) is 4.24. The van der Waals surface area contributed by atoms with Crippen molar-refractivity contribution in [3.8, 4) is 5.75 Å². The first-order chi connectivity index (χ1) is 7.79. The molecule has 0 aromatic heterocycles. The molecule has 0 aliphatic carbocycles. The zero-order valence-corrected chi connectivity index (χ0v) is 11.8. The molecule has 0 amide bonds. The Morgan fingerprint density at radius 3 is 2.35 bits per heavy atom. The Bertz CT molecular complexity index is 392. The Morgan fingerprint density at radius 1 is 1.29 bits per heavy atom. The van der Waals surface area contributed by atoms with Crippen LogP contribution in [0.5, 0.6) is 5.75 Å². The van der Waals surface area contributed by atoms with Gasteiger partial charge < -0.3 is 9.84 Å². The van der Waals surface area contributed by atoms with Gasteiger partial charge in [0.2, 0.25) is 0 Å². The number of rotatable bonds is 4. The quantitative estimate of drug-likeness (QED) is 0.868. The Morgan fingerprint density at radius 2 is 1.88 bits per heavy atom. The summed E-state index contributed by atoms with van der Waals surface area (Å²) in [4.78, 5) is 0. The van der Waals surface area contributed by atoms with Crippen molar-refractivity contribution in [2.75, 3.05) is 7.11 Å². The lowest BCUT2D eigenvalue weighted by Gasteiger charge is -2.29. The number of aliphatic hydroxyl groups is 1. The normalized spacial score (nSPS) is 13.6. The van der Waals surface area contributed by atoms with Gasteiger partial charge in [-0.25, -0.2) is 0 Å². The fourth-order valence-electron chi connectivity index (χ4n) is 2.43. The predicted octanol–water partition coefficient (Wildman–Crippen LogP) is 3.36. The summed E-state index contributed by atoms with van der Waals surface area (Å²) in [6.07, 6.45) is 0.419. The molecule has 1 rings (SSSR count). The number of aryl methyl sites for hydroxylation is 1. The highest BCUT2D eigenvalue weighted by atomic mass is 16.5. The van der Waals surface area contributed by atoms with Crippen LogP contribution in [0.15, 0.2) is 12.1 Å². The topological polar surface area (TPSA) is 29.5 Å². The number of aliphatic hydroxyl groups excluding tert-OH is 1. The largest absolute Gasteiger partial charge is 0.496 e. The van der Waals surface area contributed by atoms with E-state index in [1.165, 1.54) is 16.7 Å². The Balaban J connectivity index is 3.26. The molecule has 0 fully saturated rings. The number of hydrogen-bond donors (Lipinski definition) is 1. The summed E-state index contributed by atoms with van der Waals surface area (Å²) < 4.78 is 5.54. The van der Waals surface area contributed by atoms with Crippen LogP contribution in [0.2, 0.25) is 0 Å². The summed E-state index contributed by atoms with van der Waals surface area (Å²) >= 11 is 0. The summed E-state index contributed by atoms with van der Waals surface area (Å²) in [7, 11) is 1.71. The second-order valence-electron chi connectivity index (χ2n) is 5.53. The van der Waals surface area contributed by atoms with E-state index < -0.39 is 0 Å². The average Bonchev–Trinajstić information content (AvgIpc) is 2.19. The van der Waals surface area contributed by atoms with E-state index in [-0.39, 0.29) is 11.5 Å². The Labute approximate surface area is 105 Å². The van der Waals surface area contributed by atoms with Gasteiger partial charge in [-0.3, -0.25) is 0 Å². The van der Waals surface area contributed by atoms with Crippen molar-refractivity contribution in [3.05, 3.63) is 28.8 Å². The van der Waals surface area contributed by atoms with Crippen LogP contribution in [-0.4, -0.2) is 18.3 Å². The first-order valence-corrected chi connectivity index (χ1v) is 6.12. The van der Waals surface area contributed by atoms with Crippen LogP contribution < -0.4 is 4.74 Å². The monoisotopic (exact) mass is 236 g/mol. The maximum atomic E-state index is 9.60. The van der Waals surface area contributed by atoms with Crippen molar-refractivity contribution in [1.82, 2.24) is 0 Å². The van der Waals surface area contributed by atoms with Gasteiger partial charge in [0.1, 0.15) is 5.75 Å². The summed E-state index contributed by atoms with van der Waals surface area (Å²) in [6.45, 7) is 10.3.